The van der Waals surface area contributed by atoms with Gasteiger partial charge in [-0.15, -0.1) is 0 Å². The normalized spacial score (nSPS) is 24.7. The third-order valence-corrected chi connectivity index (χ3v) is 4.22. The zero-order valence-corrected chi connectivity index (χ0v) is 11.7. The predicted molar refractivity (Wildman–Crippen MR) is 68.3 cm³/mol. The molecule has 5 nitrogen and oxygen atoms in total. The molecule has 2 rings (SSSR count). The number of methoxy groups -OCH3 is 1. The van der Waals surface area contributed by atoms with E-state index in [4.69, 9.17) is 9.26 Å². The second kappa shape index (κ2) is 5.36. The molecular weight excluding hydrogens is 230 g/mol. The molecule has 1 aliphatic heterocycles. The second-order valence-corrected chi connectivity index (χ2v) is 5.10. The highest BCUT2D eigenvalue weighted by atomic mass is 16.5. The highest BCUT2D eigenvalue weighted by Crippen LogP contribution is 2.33. The molecule has 2 atom stereocenters. The van der Waals surface area contributed by atoms with Gasteiger partial charge >= 0.3 is 0 Å². The lowest BCUT2D eigenvalue weighted by Gasteiger charge is -2.25. The molecule has 1 aliphatic rings. The van der Waals surface area contributed by atoms with E-state index in [1.807, 2.05) is 0 Å². The van der Waals surface area contributed by atoms with E-state index in [-0.39, 0.29) is 0 Å². The van der Waals surface area contributed by atoms with Gasteiger partial charge in [-0.1, -0.05) is 25.9 Å². The Balaban J connectivity index is 2.24. The van der Waals surface area contributed by atoms with E-state index in [1.165, 1.54) is 0 Å². The van der Waals surface area contributed by atoms with Crippen LogP contribution in [0, 0.1) is 5.92 Å². The van der Waals surface area contributed by atoms with Crippen LogP contribution < -0.4 is 5.32 Å². The summed E-state index contributed by atoms with van der Waals surface area (Å²) in [4.78, 5) is 4.58. The molecule has 0 amide bonds. The SMILES string of the molecule is CCC(CC)(OC)c1noc(C2CNCC2C)n1. The van der Waals surface area contributed by atoms with Gasteiger partial charge in [-0.2, -0.15) is 4.98 Å². The number of nitrogens with zero attached hydrogens (tertiary/aromatic N) is 2. The van der Waals surface area contributed by atoms with Crippen molar-refractivity contribution in [3.63, 3.8) is 0 Å². The van der Waals surface area contributed by atoms with Crippen LogP contribution in [0.3, 0.4) is 0 Å². The lowest BCUT2D eigenvalue weighted by molar-refractivity contribution is -0.0306. The van der Waals surface area contributed by atoms with Crippen LogP contribution >= 0.6 is 0 Å². The molecule has 0 bridgehead atoms. The average Bonchev–Trinajstić information content (AvgIpc) is 3.01. The number of nitrogens with one attached hydrogen (secondary N) is 1. The van der Waals surface area contributed by atoms with Crippen molar-refractivity contribution in [1.29, 1.82) is 0 Å². The standard InChI is InChI=1S/C13H23N3O2/c1-5-13(6-2,17-4)12-15-11(18-16-12)10-8-14-7-9(10)3/h9-10,14H,5-8H2,1-4H3. The Bertz CT molecular complexity index is 379. The van der Waals surface area contributed by atoms with Gasteiger partial charge in [0.1, 0.15) is 5.60 Å². The lowest BCUT2D eigenvalue weighted by atomic mass is 9.95. The van der Waals surface area contributed by atoms with Crippen molar-refractivity contribution in [2.24, 2.45) is 5.92 Å². The quantitative estimate of drug-likeness (QED) is 0.870. The number of aromatic nitrogens is 2. The summed E-state index contributed by atoms with van der Waals surface area (Å²) in [6.45, 7) is 8.31. The molecule has 2 heterocycles. The number of hydrogen-bond donors (Lipinski definition) is 1. The molecule has 1 fully saturated rings. The maximum Gasteiger partial charge on any atom is 0.231 e. The number of rotatable bonds is 5. The highest BCUT2D eigenvalue weighted by Gasteiger charge is 2.36. The van der Waals surface area contributed by atoms with Crippen molar-refractivity contribution in [2.45, 2.75) is 45.1 Å². The monoisotopic (exact) mass is 253 g/mol. The van der Waals surface area contributed by atoms with Gasteiger partial charge in [-0.25, -0.2) is 0 Å². The minimum atomic E-state index is -0.406. The summed E-state index contributed by atoms with van der Waals surface area (Å²) in [7, 11) is 1.71. The van der Waals surface area contributed by atoms with Crippen LogP contribution in [-0.2, 0) is 10.3 Å². The predicted octanol–water partition coefficient (Wildman–Crippen LogP) is 2.05. The molecule has 0 aliphatic carbocycles. The third kappa shape index (κ3) is 2.17. The second-order valence-electron chi connectivity index (χ2n) is 5.10. The molecule has 0 saturated carbocycles. The Hall–Kier alpha value is -0.940. The lowest BCUT2D eigenvalue weighted by Crippen LogP contribution is -2.28. The molecular formula is C13H23N3O2. The van der Waals surface area contributed by atoms with Crippen LogP contribution in [-0.4, -0.2) is 30.3 Å². The molecule has 0 radical (unpaired) electrons. The van der Waals surface area contributed by atoms with E-state index >= 15 is 0 Å². The van der Waals surface area contributed by atoms with Gasteiger partial charge < -0.3 is 14.6 Å². The zero-order chi connectivity index (χ0) is 13.2. The fourth-order valence-corrected chi connectivity index (χ4v) is 2.66. The Kier molecular flexibility index (Phi) is 4.02. The van der Waals surface area contributed by atoms with Crippen LogP contribution in [0.15, 0.2) is 4.52 Å². The maximum absolute atomic E-state index is 5.62. The van der Waals surface area contributed by atoms with Gasteiger partial charge in [0.15, 0.2) is 0 Å². The van der Waals surface area contributed by atoms with Gasteiger partial charge in [0.25, 0.3) is 0 Å². The third-order valence-electron chi connectivity index (χ3n) is 4.22. The van der Waals surface area contributed by atoms with Crippen molar-refractivity contribution < 1.29 is 9.26 Å². The zero-order valence-electron chi connectivity index (χ0n) is 11.7. The summed E-state index contributed by atoms with van der Waals surface area (Å²) in [5.41, 5.74) is -0.406. The molecule has 5 heteroatoms. The maximum atomic E-state index is 5.62. The Morgan fingerprint density at radius 3 is 2.61 bits per heavy atom. The summed E-state index contributed by atoms with van der Waals surface area (Å²) in [6.07, 6.45) is 1.69. The van der Waals surface area contributed by atoms with Crippen LogP contribution in [0.2, 0.25) is 0 Å². The van der Waals surface area contributed by atoms with E-state index in [9.17, 15) is 0 Å². The first-order valence-corrected chi connectivity index (χ1v) is 6.76. The summed E-state index contributed by atoms with van der Waals surface area (Å²) >= 11 is 0. The van der Waals surface area contributed by atoms with Gasteiger partial charge in [-0.3, -0.25) is 0 Å². The van der Waals surface area contributed by atoms with E-state index in [1.54, 1.807) is 7.11 Å². The summed E-state index contributed by atoms with van der Waals surface area (Å²) in [5.74, 6) is 2.29. The molecule has 2 unspecified atom stereocenters. The first kappa shape index (κ1) is 13.5. The fraction of sp³-hybridized carbons (Fsp3) is 0.846. The summed E-state index contributed by atoms with van der Waals surface area (Å²) < 4.78 is 11.1. The Morgan fingerprint density at radius 1 is 1.39 bits per heavy atom. The van der Waals surface area contributed by atoms with E-state index < -0.39 is 5.60 Å². The average molecular weight is 253 g/mol. The Labute approximate surface area is 108 Å². The molecule has 1 aromatic heterocycles. The van der Waals surface area contributed by atoms with Crippen molar-refractivity contribution in [3.8, 4) is 0 Å². The van der Waals surface area contributed by atoms with Crippen LogP contribution in [0.5, 0.6) is 0 Å². The Morgan fingerprint density at radius 2 is 2.11 bits per heavy atom. The van der Waals surface area contributed by atoms with Gasteiger partial charge in [-0.05, 0) is 25.3 Å². The molecule has 1 aromatic rings. The number of ether oxygens (including phenoxy) is 1. The van der Waals surface area contributed by atoms with Crippen LogP contribution in [0.4, 0.5) is 0 Å². The highest BCUT2D eigenvalue weighted by molar-refractivity contribution is 5.06. The summed E-state index contributed by atoms with van der Waals surface area (Å²) in [5, 5.41) is 7.49. The number of hydrogen-bond acceptors (Lipinski definition) is 5. The smallest absolute Gasteiger partial charge is 0.231 e. The molecule has 0 aromatic carbocycles. The van der Waals surface area contributed by atoms with E-state index in [0.29, 0.717) is 17.7 Å². The summed E-state index contributed by atoms with van der Waals surface area (Å²) in [6, 6.07) is 0. The first-order valence-electron chi connectivity index (χ1n) is 6.76. The molecule has 1 N–H and O–H groups in total. The van der Waals surface area contributed by atoms with Gasteiger partial charge in [0, 0.05) is 13.7 Å². The minimum absolute atomic E-state index is 0.328. The van der Waals surface area contributed by atoms with Gasteiger partial charge in [0.05, 0.1) is 5.92 Å². The van der Waals surface area contributed by atoms with Crippen LogP contribution in [0.25, 0.3) is 0 Å². The molecule has 18 heavy (non-hydrogen) atoms. The topological polar surface area (TPSA) is 60.2 Å². The largest absolute Gasteiger partial charge is 0.370 e. The van der Waals surface area contributed by atoms with Crippen molar-refractivity contribution in [3.05, 3.63) is 11.7 Å². The van der Waals surface area contributed by atoms with Crippen molar-refractivity contribution >= 4 is 0 Å². The molecule has 1 saturated heterocycles. The van der Waals surface area contributed by atoms with E-state index in [2.05, 4.69) is 36.2 Å². The fourth-order valence-electron chi connectivity index (χ4n) is 2.66. The van der Waals surface area contributed by atoms with Crippen LogP contribution in [0.1, 0.15) is 51.2 Å². The van der Waals surface area contributed by atoms with Crippen molar-refractivity contribution in [1.82, 2.24) is 15.5 Å². The van der Waals surface area contributed by atoms with Crippen molar-refractivity contribution in [2.75, 3.05) is 20.2 Å². The first-order chi connectivity index (χ1) is 8.66. The molecule has 102 valence electrons. The van der Waals surface area contributed by atoms with E-state index in [0.717, 1.165) is 31.8 Å². The van der Waals surface area contributed by atoms with Gasteiger partial charge in [0.2, 0.25) is 11.7 Å². The molecule has 0 spiro atoms. The minimum Gasteiger partial charge on any atom is -0.370 e.